The molecule has 1 unspecified atom stereocenters. The molecule has 67 heavy (non-hydrogen) atoms. The van der Waals surface area contributed by atoms with E-state index in [0.717, 1.165) is 39.3 Å². The van der Waals surface area contributed by atoms with Gasteiger partial charge in [-0.15, -0.1) is 0 Å². The molecule has 0 fully saturated rings. The van der Waals surface area contributed by atoms with Crippen LogP contribution < -0.4 is 31.7 Å². The second-order valence-corrected chi connectivity index (χ2v) is 20.3. The zero-order chi connectivity index (χ0) is 48.2. The maximum absolute atomic E-state index is 13.8. The van der Waals surface area contributed by atoms with E-state index < -0.39 is 21.2 Å². The van der Waals surface area contributed by atoms with E-state index in [1.54, 1.807) is 62.4 Å². The number of benzene rings is 5. The van der Waals surface area contributed by atoms with Crippen LogP contribution in [0.1, 0.15) is 61.4 Å². The van der Waals surface area contributed by atoms with Crippen molar-refractivity contribution in [2.45, 2.75) is 66.7 Å². The first-order chi connectivity index (χ1) is 32.2. The van der Waals surface area contributed by atoms with Crippen LogP contribution in [-0.2, 0) is 40.8 Å². The van der Waals surface area contributed by atoms with Gasteiger partial charge in [-0.2, -0.15) is 20.7 Å². The molecule has 0 aliphatic carbocycles. The van der Waals surface area contributed by atoms with Crippen molar-refractivity contribution in [3.05, 3.63) is 160 Å². The first-order valence-corrected chi connectivity index (χ1v) is 26.0. The van der Waals surface area contributed by atoms with Crippen LogP contribution in [0, 0.1) is 25.2 Å². The molecule has 6 aromatic rings. The molecule has 0 saturated carbocycles. The van der Waals surface area contributed by atoms with Gasteiger partial charge in [0, 0.05) is 30.0 Å². The fraction of sp³-hybridized carbons (Fsp3) is 0.265. The van der Waals surface area contributed by atoms with Gasteiger partial charge in [0.05, 0.1) is 43.2 Å². The summed E-state index contributed by atoms with van der Waals surface area (Å²) < 4.78 is 49.5. The highest BCUT2D eigenvalue weighted by Gasteiger charge is 2.28. The van der Waals surface area contributed by atoms with E-state index in [-0.39, 0.29) is 37.1 Å². The SMILES string of the molecule is CCCP(=O)(ON[C@H](C)C(=O)CC)Oc1ccccc1.Cc1cc(NCCP(=O)(OCc2ccccc2)OCc2ccccc2)cc(C)c1Nc1nc(Nc2ccc(C#N)cc2)nc(N)c1Br. The van der Waals surface area contributed by atoms with Gasteiger partial charge < -0.3 is 35.3 Å². The molecule has 0 aliphatic rings. The number of halogens is 1. The van der Waals surface area contributed by atoms with Crippen molar-refractivity contribution in [3.8, 4) is 11.8 Å². The Morgan fingerprint density at radius 3 is 1.88 bits per heavy atom. The standard InChI is InChI=1S/C35H35BrN7O3P.C14H22NO4P/c1-24-19-30(39-17-18-47(44,45-22-27-9-5-3-6-10-27)46-23-28-11-7-4-8-12-28)20-25(2)32(24)41-34-31(36)33(38)42-35(43-34)40-29-15-13-26(21-37)14-16-29;1-4-11-20(17,18-13-9-7-6-8-10-13)19-15-12(3)14(16)5-2/h3-16,19-20,39H,17-18,22-23H2,1-2H3,(H4,38,40,41,42,43);6-10,12,15H,4-5,11H2,1-3H3/t;12-,20?/m.1/s1. The number of rotatable bonds is 23. The monoisotopic (exact) mass is 1010 g/mol. The number of aromatic nitrogens is 2. The van der Waals surface area contributed by atoms with Gasteiger partial charge in [0.25, 0.3) is 0 Å². The second kappa shape index (κ2) is 25.9. The lowest BCUT2D eigenvalue weighted by Crippen LogP contribution is -2.33. The zero-order valence-electron chi connectivity index (χ0n) is 38.2. The average molecular weight is 1010 g/mol. The molecule has 15 nitrogen and oxygen atoms in total. The zero-order valence-corrected chi connectivity index (χ0v) is 41.6. The molecule has 0 radical (unpaired) electrons. The van der Waals surface area contributed by atoms with Crippen LogP contribution in [0.25, 0.3) is 0 Å². The maximum Gasteiger partial charge on any atom is 0.395 e. The van der Waals surface area contributed by atoms with Crippen LogP contribution in [0.5, 0.6) is 5.75 Å². The molecule has 6 N–H and O–H groups in total. The Balaban J connectivity index is 0.000000352. The van der Waals surface area contributed by atoms with E-state index in [4.69, 9.17) is 29.2 Å². The quantitative estimate of drug-likeness (QED) is 0.0298. The number of nitrogen functional groups attached to an aromatic ring is 1. The number of hydrogen-bond donors (Lipinski definition) is 5. The highest BCUT2D eigenvalue weighted by molar-refractivity contribution is 9.10. The predicted molar refractivity (Wildman–Crippen MR) is 270 cm³/mol. The summed E-state index contributed by atoms with van der Waals surface area (Å²) in [4.78, 5) is 20.4. The van der Waals surface area contributed by atoms with Crippen molar-refractivity contribution in [1.29, 1.82) is 5.26 Å². The topological polar surface area (TPSA) is 212 Å². The van der Waals surface area contributed by atoms with E-state index >= 15 is 0 Å². The summed E-state index contributed by atoms with van der Waals surface area (Å²) >= 11 is 3.51. The molecule has 0 amide bonds. The predicted octanol–water partition coefficient (Wildman–Crippen LogP) is 12.4. The summed E-state index contributed by atoms with van der Waals surface area (Å²) in [5.41, 5.74) is 15.5. The summed E-state index contributed by atoms with van der Waals surface area (Å²) in [5, 5.41) is 19.0. The number of hydroxylamine groups is 1. The number of carbonyl (C=O) groups is 1. The number of aryl methyl sites for hydroxylation is 2. The number of ketones is 1. The third kappa shape index (κ3) is 16.7. The molecule has 0 aliphatic heterocycles. The van der Waals surface area contributed by atoms with Gasteiger partial charge in [-0.1, -0.05) is 92.7 Å². The molecule has 0 bridgehead atoms. The number of Topliss-reactive ketones (excluding diaryl/α,β-unsaturated/α-hetero) is 1. The van der Waals surface area contributed by atoms with Crippen molar-refractivity contribution in [2.75, 3.05) is 40.6 Å². The molecular weight excluding hydrogens is 954 g/mol. The number of hydrogen-bond acceptors (Lipinski definition) is 15. The van der Waals surface area contributed by atoms with Crippen molar-refractivity contribution in [2.24, 2.45) is 0 Å². The summed E-state index contributed by atoms with van der Waals surface area (Å²) in [6, 6.07) is 40.7. The van der Waals surface area contributed by atoms with E-state index in [1.807, 2.05) is 99.6 Å². The van der Waals surface area contributed by atoms with E-state index in [2.05, 4.69) is 53.4 Å². The lowest BCUT2D eigenvalue weighted by Gasteiger charge is -2.20. The van der Waals surface area contributed by atoms with Crippen molar-refractivity contribution < 1.29 is 32.1 Å². The Kier molecular flexibility index (Phi) is 20.1. The van der Waals surface area contributed by atoms with Gasteiger partial charge in [-0.25, -0.2) is 9.19 Å². The third-order valence-electron chi connectivity index (χ3n) is 9.86. The molecule has 1 heterocycles. The van der Waals surface area contributed by atoms with E-state index in [9.17, 15) is 13.9 Å². The van der Waals surface area contributed by atoms with Crippen LogP contribution in [0.2, 0.25) is 0 Å². The number of nitrogens with one attached hydrogen (secondary N) is 4. The van der Waals surface area contributed by atoms with Gasteiger partial charge >= 0.3 is 15.2 Å². The normalized spacial score (nSPS) is 12.4. The molecule has 18 heteroatoms. The van der Waals surface area contributed by atoms with Crippen LogP contribution in [0.4, 0.5) is 34.6 Å². The Morgan fingerprint density at radius 2 is 1.34 bits per heavy atom. The molecule has 1 aromatic heterocycles. The number of nitriles is 1. The number of carbonyl (C=O) groups excluding carboxylic acids is 1. The molecule has 352 valence electrons. The largest absolute Gasteiger partial charge is 0.423 e. The van der Waals surface area contributed by atoms with Crippen molar-refractivity contribution in [1.82, 2.24) is 15.4 Å². The minimum atomic E-state index is -3.44. The van der Waals surface area contributed by atoms with E-state index in [1.165, 1.54) is 0 Å². The number of para-hydroxylation sites is 1. The van der Waals surface area contributed by atoms with Crippen LogP contribution in [-0.4, -0.2) is 40.7 Å². The molecule has 2 atom stereocenters. The Morgan fingerprint density at radius 1 is 0.776 bits per heavy atom. The summed E-state index contributed by atoms with van der Waals surface area (Å²) in [5.74, 6) is 1.54. The van der Waals surface area contributed by atoms with Gasteiger partial charge in [-0.3, -0.25) is 9.36 Å². The first kappa shape index (κ1) is 52.1. The third-order valence-corrected chi connectivity index (χ3v) is 14.3. The molecule has 5 aromatic carbocycles. The Labute approximate surface area is 401 Å². The highest BCUT2D eigenvalue weighted by atomic mass is 79.9. The highest BCUT2D eigenvalue weighted by Crippen LogP contribution is 2.50. The Hall–Kier alpha value is -5.88. The first-order valence-electron chi connectivity index (χ1n) is 21.7. The lowest BCUT2D eigenvalue weighted by molar-refractivity contribution is -0.122. The van der Waals surface area contributed by atoms with Crippen molar-refractivity contribution >= 4 is 71.6 Å². The smallest absolute Gasteiger partial charge is 0.395 e. The fourth-order valence-electron chi connectivity index (χ4n) is 6.30. The maximum atomic E-state index is 13.8. The number of anilines is 6. The van der Waals surface area contributed by atoms with Crippen molar-refractivity contribution in [3.63, 3.8) is 0 Å². The van der Waals surface area contributed by atoms with E-state index in [0.29, 0.717) is 46.9 Å². The van der Waals surface area contributed by atoms with Crippen LogP contribution in [0.15, 0.2) is 132 Å². The molecule has 6 rings (SSSR count). The van der Waals surface area contributed by atoms with Crippen LogP contribution >= 0.6 is 31.1 Å². The van der Waals surface area contributed by atoms with Crippen LogP contribution in [0.3, 0.4) is 0 Å². The summed E-state index contributed by atoms with van der Waals surface area (Å²) in [6.07, 6.45) is 1.52. The molecule has 0 saturated heterocycles. The molecular formula is C49H57BrN8O7P2. The summed E-state index contributed by atoms with van der Waals surface area (Å²) in [6.45, 7) is 10.1. The minimum Gasteiger partial charge on any atom is -0.423 e. The lowest BCUT2D eigenvalue weighted by atomic mass is 10.1. The fourth-order valence-corrected chi connectivity index (χ4v) is 9.51. The summed E-state index contributed by atoms with van der Waals surface area (Å²) in [7, 11) is -6.75. The average Bonchev–Trinajstić information content (AvgIpc) is 3.33. The number of nitrogens with zero attached hydrogens (tertiary/aromatic N) is 3. The molecule has 0 spiro atoms. The second-order valence-electron chi connectivity index (χ2n) is 15.3. The minimum absolute atomic E-state index is 0.00670. The van der Waals surface area contributed by atoms with Gasteiger partial charge in [0.2, 0.25) is 5.95 Å². The number of nitrogens with two attached hydrogens (primary N) is 1. The van der Waals surface area contributed by atoms with Gasteiger partial charge in [-0.05, 0) is 114 Å². The van der Waals surface area contributed by atoms with Gasteiger partial charge in [0.1, 0.15) is 16.0 Å². The Bertz CT molecular complexity index is 2590. The van der Waals surface area contributed by atoms with Gasteiger partial charge in [0.15, 0.2) is 11.6 Å².